The van der Waals surface area contributed by atoms with E-state index in [-0.39, 0.29) is 21.4 Å². The van der Waals surface area contributed by atoms with E-state index in [1.165, 1.54) is 14.0 Å². The van der Waals surface area contributed by atoms with Gasteiger partial charge >= 0.3 is 106 Å². The monoisotopic (exact) mass is 318 g/mol. The molecule has 0 bridgehead atoms. The maximum absolute atomic E-state index is 11.4. The van der Waals surface area contributed by atoms with E-state index in [0.29, 0.717) is 0 Å². The van der Waals surface area contributed by atoms with Gasteiger partial charge in [-0.15, -0.1) is 0 Å². The molecular formula is C10H13AsNO6. The zero-order chi connectivity index (χ0) is 13.9. The number of aromatic hydroxyl groups is 1. The molecule has 0 atom stereocenters. The van der Waals surface area contributed by atoms with Crippen LogP contribution in [0.5, 0.6) is 5.75 Å². The first-order chi connectivity index (χ1) is 8.27. The summed E-state index contributed by atoms with van der Waals surface area (Å²) in [7, 11) is 1.31. The summed E-state index contributed by atoms with van der Waals surface area (Å²) in [4.78, 5) is 11.1. The molecule has 99 valence electrons. The quantitative estimate of drug-likeness (QED) is 0.533. The van der Waals surface area contributed by atoms with Crippen LogP contribution in [0.1, 0.15) is 12.5 Å². The second kappa shape index (κ2) is 5.58. The standard InChI is InChI=1S/C10H13AsNO6/c1-6(13)12-10-7(5-18-2)9(14)4-3-8(10)11(15,16)17/h3-5,14H,1-2H3,(H,12,13)(H2,15,16,17). The van der Waals surface area contributed by atoms with Crippen molar-refractivity contribution in [2.24, 2.45) is 0 Å². The van der Waals surface area contributed by atoms with Crippen molar-refractivity contribution in [2.75, 3.05) is 12.4 Å². The molecule has 1 aromatic rings. The van der Waals surface area contributed by atoms with Gasteiger partial charge in [-0.1, -0.05) is 0 Å². The second-order valence-corrected chi connectivity index (χ2v) is 6.76. The Labute approximate surface area is 106 Å². The number of carbonyl (C=O) groups is 1. The Balaban J connectivity index is 3.48. The Bertz CT molecular complexity index is 509. The molecule has 1 aromatic carbocycles. The SMILES string of the molecule is CO[CH]c1c(O)ccc([As](=O)(O)O)c1NC(C)=O. The molecule has 0 saturated carbocycles. The van der Waals surface area contributed by atoms with Crippen molar-refractivity contribution in [3.63, 3.8) is 0 Å². The summed E-state index contributed by atoms with van der Waals surface area (Å²) in [5, 5.41) is 11.9. The molecule has 0 aromatic heterocycles. The summed E-state index contributed by atoms with van der Waals surface area (Å²) in [6.45, 7) is 2.28. The molecule has 8 heteroatoms. The Morgan fingerprint density at radius 1 is 1.44 bits per heavy atom. The van der Waals surface area contributed by atoms with Crippen molar-refractivity contribution < 1.29 is 26.6 Å². The van der Waals surface area contributed by atoms with Crippen molar-refractivity contribution in [3.05, 3.63) is 24.3 Å². The van der Waals surface area contributed by atoms with Crippen LogP contribution in [0.4, 0.5) is 5.69 Å². The van der Waals surface area contributed by atoms with Gasteiger partial charge in [0.25, 0.3) is 0 Å². The van der Waals surface area contributed by atoms with E-state index in [4.69, 9.17) is 4.74 Å². The van der Waals surface area contributed by atoms with Gasteiger partial charge in [-0.3, -0.25) is 0 Å². The van der Waals surface area contributed by atoms with Crippen molar-refractivity contribution >= 4 is 30.1 Å². The molecule has 1 radical (unpaired) electrons. The molecule has 18 heavy (non-hydrogen) atoms. The van der Waals surface area contributed by atoms with Crippen molar-refractivity contribution in [3.8, 4) is 5.75 Å². The third kappa shape index (κ3) is 3.36. The summed E-state index contributed by atoms with van der Waals surface area (Å²) < 4.78 is 34.3. The Morgan fingerprint density at radius 3 is 2.50 bits per heavy atom. The molecule has 0 aliphatic heterocycles. The molecule has 0 spiro atoms. The Hall–Kier alpha value is -1.27. The van der Waals surface area contributed by atoms with Gasteiger partial charge in [0.1, 0.15) is 0 Å². The van der Waals surface area contributed by atoms with Crippen molar-refractivity contribution in [2.45, 2.75) is 6.92 Å². The number of phenols is 1. The van der Waals surface area contributed by atoms with E-state index in [2.05, 4.69) is 5.32 Å². The van der Waals surface area contributed by atoms with Crippen LogP contribution in [-0.4, -0.2) is 40.5 Å². The number of phenolic OH excluding ortho intramolecular Hbond substituents is 1. The number of carbonyl (C=O) groups excluding carboxylic acids is 1. The fourth-order valence-electron chi connectivity index (χ4n) is 1.38. The van der Waals surface area contributed by atoms with Crippen LogP contribution < -0.4 is 9.67 Å². The predicted octanol–water partition coefficient (Wildman–Crippen LogP) is -0.932. The number of methoxy groups -OCH3 is 1. The van der Waals surface area contributed by atoms with E-state index in [9.17, 15) is 21.8 Å². The third-order valence-corrected chi connectivity index (χ3v) is 4.15. The minimum atomic E-state index is -5.23. The number of hydrogen-bond acceptors (Lipinski definition) is 4. The molecule has 0 unspecified atom stereocenters. The fraction of sp³-hybridized carbons (Fsp3) is 0.200. The van der Waals surface area contributed by atoms with Crippen LogP contribution in [-0.2, 0) is 13.3 Å². The summed E-state index contributed by atoms with van der Waals surface area (Å²) in [5.74, 6) is -0.773. The first-order valence-corrected chi connectivity index (χ1v) is 8.21. The van der Waals surface area contributed by atoms with Gasteiger partial charge in [-0.2, -0.15) is 0 Å². The zero-order valence-electron chi connectivity index (χ0n) is 9.75. The summed E-state index contributed by atoms with van der Waals surface area (Å²) >= 11 is -5.23. The average molecular weight is 318 g/mol. The molecule has 0 aliphatic carbocycles. The van der Waals surface area contributed by atoms with Crippen LogP contribution in [0.2, 0.25) is 0 Å². The van der Waals surface area contributed by atoms with E-state index in [1.807, 2.05) is 0 Å². The molecule has 0 saturated heterocycles. The second-order valence-electron chi connectivity index (χ2n) is 3.47. The number of anilines is 1. The molecule has 1 rings (SSSR count). The van der Waals surface area contributed by atoms with Crippen LogP contribution in [0.15, 0.2) is 12.1 Å². The van der Waals surface area contributed by atoms with Gasteiger partial charge in [-0.05, 0) is 0 Å². The number of hydrogen-bond donors (Lipinski definition) is 4. The fourth-order valence-corrected chi connectivity index (χ4v) is 2.93. The number of amides is 1. The predicted molar refractivity (Wildman–Crippen MR) is 63.3 cm³/mol. The van der Waals surface area contributed by atoms with E-state index in [1.54, 1.807) is 0 Å². The molecule has 0 heterocycles. The summed E-state index contributed by atoms with van der Waals surface area (Å²) in [5.41, 5.74) is -0.133. The molecule has 4 N–H and O–H groups in total. The van der Waals surface area contributed by atoms with Crippen LogP contribution in [0.25, 0.3) is 0 Å². The number of ether oxygens (including phenoxy) is 1. The van der Waals surface area contributed by atoms with E-state index < -0.39 is 20.1 Å². The normalized spacial score (nSPS) is 11.3. The number of nitrogens with one attached hydrogen (secondary N) is 1. The molecule has 1 amide bonds. The Kier molecular flexibility index (Phi) is 4.58. The first-order valence-electron chi connectivity index (χ1n) is 4.83. The van der Waals surface area contributed by atoms with Gasteiger partial charge in [0.2, 0.25) is 0 Å². The van der Waals surface area contributed by atoms with Gasteiger partial charge in [0.05, 0.1) is 0 Å². The van der Waals surface area contributed by atoms with Gasteiger partial charge in [0.15, 0.2) is 0 Å². The van der Waals surface area contributed by atoms with Crippen LogP contribution in [0.3, 0.4) is 0 Å². The Morgan fingerprint density at radius 2 is 2.06 bits per heavy atom. The first kappa shape index (κ1) is 14.8. The average Bonchev–Trinajstić information content (AvgIpc) is 2.20. The van der Waals surface area contributed by atoms with E-state index in [0.717, 1.165) is 18.7 Å². The van der Waals surface area contributed by atoms with Crippen molar-refractivity contribution in [1.82, 2.24) is 0 Å². The third-order valence-electron chi connectivity index (χ3n) is 2.05. The summed E-state index contributed by atoms with van der Waals surface area (Å²) in [6, 6.07) is 2.21. The number of rotatable bonds is 4. The number of benzene rings is 1. The molecule has 0 fully saturated rings. The van der Waals surface area contributed by atoms with Crippen LogP contribution in [0, 0.1) is 6.61 Å². The van der Waals surface area contributed by atoms with Gasteiger partial charge in [0, 0.05) is 0 Å². The van der Waals surface area contributed by atoms with Gasteiger partial charge < -0.3 is 0 Å². The zero-order valence-corrected chi connectivity index (χ0v) is 11.6. The molecular weight excluding hydrogens is 305 g/mol. The van der Waals surface area contributed by atoms with Crippen LogP contribution >= 0.6 is 0 Å². The molecule has 7 nitrogen and oxygen atoms in total. The van der Waals surface area contributed by atoms with Gasteiger partial charge in [-0.25, -0.2) is 0 Å². The summed E-state index contributed by atoms with van der Waals surface area (Å²) in [6.07, 6.45) is 0. The molecule has 0 aliphatic rings. The minimum absolute atomic E-state index is 0.00920. The van der Waals surface area contributed by atoms with E-state index >= 15 is 0 Å². The van der Waals surface area contributed by atoms with Crippen molar-refractivity contribution in [1.29, 1.82) is 0 Å². The topological polar surface area (TPSA) is 116 Å². The maximum atomic E-state index is 11.4.